The van der Waals surface area contributed by atoms with Crippen LogP contribution in [0.1, 0.15) is 32.3 Å². The third kappa shape index (κ3) is 4.50. The van der Waals surface area contributed by atoms with E-state index in [-0.39, 0.29) is 0 Å². The second-order valence-electron chi connectivity index (χ2n) is 5.62. The number of nitrogens with zero attached hydrogens (tertiary/aromatic N) is 2. The number of piperazine rings is 1. The van der Waals surface area contributed by atoms with Crippen LogP contribution in [0.4, 0.5) is 5.69 Å². The average molecular weight is 275 g/mol. The number of benzene rings is 1. The highest BCUT2D eigenvalue weighted by molar-refractivity contribution is 5.48. The molecule has 0 unspecified atom stereocenters. The lowest BCUT2D eigenvalue weighted by Gasteiger charge is -2.35. The maximum Gasteiger partial charge on any atom is 0.0367 e. The van der Waals surface area contributed by atoms with Gasteiger partial charge < -0.3 is 15.1 Å². The number of unbranched alkanes of at least 4 members (excludes halogenated alkanes) is 1. The van der Waals surface area contributed by atoms with Crippen molar-refractivity contribution in [2.24, 2.45) is 0 Å². The van der Waals surface area contributed by atoms with Crippen LogP contribution in [0.2, 0.25) is 0 Å². The van der Waals surface area contributed by atoms with Gasteiger partial charge in [-0.2, -0.15) is 0 Å². The highest BCUT2D eigenvalue weighted by atomic mass is 15.3. The third-order valence-corrected chi connectivity index (χ3v) is 4.16. The quantitative estimate of drug-likeness (QED) is 0.772. The van der Waals surface area contributed by atoms with E-state index in [1.54, 1.807) is 0 Å². The molecular weight excluding hydrogens is 246 g/mol. The van der Waals surface area contributed by atoms with Crippen LogP contribution in [-0.4, -0.2) is 44.2 Å². The van der Waals surface area contributed by atoms with E-state index >= 15 is 0 Å². The Kier molecular flexibility index (Phi) is 6.34. The second kappa shape index (κ2) is 8.28. The van der Waals surface area contributed by atoms with E-state index in [4.69, 9.17) is 0 Å². The Balaban J connectivity index is 1.79. The summed E-state index contributed by atoms with van der Waals surface area (Å²) in [5, 5.41) is 3.49. The first-order chi connectivity index (χ1) is 9.83. The van der Waals surface area contributed by atoms with Gasteiger partial charge in [0.2, 0.25) is 0 Å². The van der Waals surface area contributed by atoms with E-state index in [9.17, 15) is 0 Å². The van der Waals surface area contributed by atoms with Gasteiger partial charge in [0.25, 0.3) is 0 Å². The molecule has 20 heavy (non-hydrogen) atoms. The van der Waals surface area contributed by atoms with Crippen molar-refractivity contribution >= 4 is 5.69 Å². The molecule has 0 bridgehead atoms. The molecule has 1 aromatic rings. The van der Waals surface area contributed by atoms with Gasteiger partial charge in [0, 0.05) is 38.4 Å². The Bertz CT molecular complexity index is 366. The molecule has 2 rings (SSSR count). The zero-order valence-electron chi connectivity index (χ0n) is 13.1. The van der Waals surface area contributed by atoms with Crippen LogP contribution in [0.3, 0.4) is 0 Å². The fourth-order valence-electron chi connectivity index (χ4n) is 2.68. The Morgan fingerprint density at radius 2 is 1.70 bits per heavy atom. The SMILES string of the molecule is CCCCNCc1ccc(N2CCN(CC)CC2)cc1. The Labute approximate surface area is 124 Å². The topological polar surface area (TPSA) is 18.5 Å². The molecule has 1 aromatic carbocycles. The van der Waals surface area contributed by atoms with Gasteiger partial charge >= 0.3 is 0 Å². The van der Waals surface area contributed by atoms with Crippen LogP contribution < -0.4 is 10.2 Å². The standard InChI is InChI=1S/C17H29N3/c1-3-5-10-18-15-16-6-8-17(9-7-16)20-13-11-19(4-2)12-14-20/h6-9,18H,3-5,10-15H2,1-2H3. The van der Waals surface area contributed by atoms with Gasteiger partial charge in [-0.1, -0.05) is 32.4 Å². The van der Waals surface area contributed by atoms with Gasteiger partial charge in [0.05, 0.1) is 0 Å². The molecule has 0 saturated carbocycles. The van der Waals surface area contributed by atoms with E-state index < -0.39 is 0 Å². The summed E-state index contributed by atoms with van der Waals surface area (Å²) in [7, 11) is 0. The van der Waals surface area contributed by atoms with Crippen molar-refractivity contribution in [3.63, 3.8) is 0 Å². The summed E-state index contributed by atoms with van der Waals surface area (Å²) in [6, 6.07) is 9.08. The number of hydrogen-bond acceptors (Lipinski definition) is 3. The normalized spacial score (nSPS) is 16.6. The Morgan fingerprint density at radius 1 is 1.00 bits per heavy atom. The minimum absolute atomic E-state index is 0.990. The Hall–Kier alpha value is -1.06. The molecule has 1 aliphatic rings. The van der Waals surface area contributed by atoms with Crippen molar-refractivity contribution in [1.82, 2.24) is 10.2 Å². The molecule has 1 heterocycles. The summed E-state index contributed by atoms with van der Waals surface area (Å²) in [5.74, 6) is 0. The van der Waals surface area contributed by atoms with Crippen molar-refractivity contribution in [3.05, 3.63) is 29.8 Å². The molecule has 0 atom stereocenters. The summed E-state index contributed by atoms with van der Waals surface area (Å²) in [5.41, 5.74) is 2.76. The van der Waals surface area contributed by atoms with Crippen molar-refractivity contribution < 1.29 is 0 Å². The summed E-state index contributed by atoms with van der Waals surface area (Å²) in [6.45, 7) is 12.5. The minimum Gasteiger partial charge on any atom is -0.369 e. The largest absolute Gasteiger partial charge is 0.369 e. The molecule has 112 valence electrons. The molecule has 0 radical (unpaired) electrons. The zero-order valence-corrected chi connectivity index (χ0v) is 13.1. The molecule has 0 spiro atoms. The van der Waals surface area contributed by atoms with Gasteiger partial charge in [-0.3, -0.25) is 0 Å². The second-order valence-corrected chi connectivity index (χ2v) is 5.62. The fraction of sp³-hybridized carbons (Fsp3) is 0.647. The van der Waals surface area contributed by atoms with E-state index in [0.717, 1.165) is 26.2 Å². The fourth-order valence-corrected chi connectivity index (χ4v) is 2.68. The molecule has 1 fully saturated rings. The van der Waals surface area contributed by atoms with E-state index in [2.05, 4.69) is 53.2 Å². The van der Waals surface area contributed by atoms with E-state index in [0.29, 0.717) is 0 Å². The number of likely N-dealkylation sites (N-methyl/N-ethyl adjacent to an activating group) is 1. The molecule has 1 aliphatic heterocycles. The van der Waals surface area contributed by atoms with Crippen LogP contribution >= 0.6 is 0 Å². The van der Waals surface area contributed by atoms with Crippen molar-refractivity contribution in [1.29, 1.82) is 0 Å². The lowest BCUT2D eigenvalue weighted by molar-refractivity contribution is 0.271. The molecule has 3 nitrogen and oxygen atoms in total. The van der Waals surface area contributed by atoms with Crippen LogP contribution in [0.15, 0.2) is 24.3 Å². The smallest absolute Gasteiger partial charge is 0.0367 e. The molecule has 1 saturated heterocycles. The number of rotatable bonds is 7. The van der Waals surface area contributed by atoms with Gasteiger partial charge in [0.15, 0.2) is 0 Å². The third-order valence-electron chi connectivity index (χ3n) is 4.16. The molecule has 0 amide bonds. The predicted molar refractivity (Wildman–Crippen MR) is 87.4 cm³/mol. The first-order valence-electron chi connectivity index (χ1n) is 8.10. The van der Waals surface area contributed by atoms with E-state index in [1.807, 2.05) is 0 Å². The van der Waals surface area contributed by atoms with Gasteiger partial charge in [-0.25, -0.2) is 0 Å². The molecule has 3 heteroatoms. The van der Waals surface area contributed by atoms with Crippen molar-refractivity contribution in [3.8, 4) is 0 Å². The van der Waals surface area contributed by atoms with Gasteiger partial charge in [-0.15, -0.1) is 0 Å². The average Bonchev–Trinajstić information content (AvgIpc) is 2.52. The summed E-state index contributed by atoms with van der Waals surface area (Å²) >= 11 is 0. The lowest BCUT2D eigenvalue weighted by Crippen LogP contribution is -2.46. The highest BCUT2D eigenvalue weighted by Crippen LogP contribution is 2.17. The van der Waals surface area contributed by atoms with Crippen molar-refractivity contribution in [2.45, 2.75) is 33.2 Å². The summed E-state index contributed by atoms with van der Waals surface area (Å²) in [4.78, 5) is 5.02. The first-order valence-corrected chi connectivity index (χ1v) is 8.10. The maximum atomic E-state index is 3.49. The minimum atomic E-state index is 0.990. The number of nitrogens with one attached hydrogen (secondary N) is 1. The molecule has 0 aromatic heterocycles. The predicted octanol–water partition coefficient (Wildman–Crippen LogP) is 2.72. The molecule has 0 aliphatic carbocycles. The summed E-state index contributed by atoms with van der Waals surface area (Å²) < 4.78 is 0. The number of anilines is 1. The van der Waals surface area contributed by atoms with Crippen LogP contribution in [-0.2, 0) is 6.54 Å². The zero-order chi connectivity index (χ0) is 14.2. The Morgan fingerprint density at radius 3 is 2.30 bits per heavy atom. The molecule has 1 N–H and O–H groups in total. The van der Waals surface area contributed by atoms with E-state index in [1.165, 1.54) is 43.7 Å². The maximum absolute atomic E-state index is 3.49. The molecular formula is C17H29N3. The van der Waals surface area contributed by atoms with Crippen LogP contribution in [0.25, 0.3) is 0 Å². The highest BCUT2D eigenvalue weighted by Gasteiger charge is 2.15. The lowest BCUT2D eigenvalue weighted by atomic mass is 10.1. The first kappa shape index (κ1) is 15.3. The van der Waals surface area contributed by atoms with Gasteiger partial charge in [-0.05, 0) is 37.2 Å². The number of hydrogen-bond donors (Lipinski definition) is 1. The summed E-state index contributed by atoms with van der Waals surface area (Å²) in [6.07, 6.45) is 2.52. The van der Waals surface area contributed by atoms with Gasteiger partial charge in [0.1, 0.15) is 0 Å². The van der Waals surface area contributed by atoms with Crippen LogP contribution in [0.5, 0.6) is 0 Å². The van der Waals surface area contributed by atoms with Crippen LogP contribution in [0, 0.1) is 0 Å². The van der Waals surface area contributed by atoms with Crippen molar-refractivity contribution in [2.75, 3.05) is 44.2 Å². The monoisotopic (exact) mass is 275 g/mol.